The van der Waals surface area contributed by atoms with Crippen molar-refractivity contribution >= 4 is 33.2 Å². The Labute approximate surface area is 199 Å². The third kappa shape index (κ3) is 3.55. The molecular formula is C21H24FN5O7S. The number of carbonyl (C=O) groups is 1. The predicted molar refractivity (Wildman–Crippen MR) is 119 cm³/mol. The number of aromatic nitrogens is 4. The van der Waals surface area contributed by atoms with E-state index in [1.54, 1.807) is 0 Å². The monoisotopic (exact) mass is 509 g/mol. The highest BCUT2D eigenvalue weighted by Crippen LogP contribution is 2.55. The first-order chi connectivity index (χ1) is 16.1. The van der Waals surface area contributed by atoms with Crippen molar-refractivity contribution < 1.29 is 36.8 Å². The molecule has 1 aromatic carbocycles. The maximum atomic E-state index is 13.1. The summed E-state index contributed by atoms with van der Waals surface area (Å²) in [6.45, 7) is 5.19. The number of anilines is 1. The van der Waals surface area contributed by atoms with E-state index in [1.165, 1.54) is 44.9 Å². The normalized spacial score (nSPS) is 31.1. The van der Waals surface area contributed by atoms with E-state index in [9.17, 15) is 27.3 Å². The molecule has 12 nitrogen and oxygen atoms in total. The van der Waals surface area contributed by atoms with E-state index in [1.807, 2.05) is 0 Å². The molecule has 1 fully saturated rings. The number of imidazole rings is 1. The standard InChI is InChI=1S/C21H24FN5O7S/c1-18(9-33-17(28)12-5-7-13(8-6-12)35(22,31)32)19(2,29)20(3,30)21(4,34-18)27-11-26-14-15(23)24-10-25-16(14)27/h5-8,10-11,29-30H,9H2,1-4H3,(H2,23,24,25). The molecule has 1 aliphatic rings. The van der Waals surface area contributed by atoms with Crippen LogP contribution in [0.4, 0.5) is 9.70 Å². The van der Waals surface area contributed by atoms with Gasteiger partial charge in [-0.2, -0.15) is 8.42 Å². The first kappa shape index (κ1) is 24.9. The molecule has 0 amide bonds. The first-order valence-corrected chi connectivity index (χ1v) is 11.7. The summed E-state index contributed by atoms with van der Waals surface area (Å²) in [5.74, 6) is -0.764. The maximum absolute atomic E-state index is 13.1. The lowest BCUT2D eigenvalue weighted by Crippen LogP contribution is -2.63. The summed E-state index contributed by atoms with van der Waals surface area (Å²) < 4.78 is 48.0. The molecule has 3 aromatic rings. The van der Waals surface area contributed by atoms with E-state index in [4.69, 9.17) is 15.2 Å². The minimum absolute atomic E-state index is 0.0547. The van der Waals surface area contributed by atoms with Crippen molar-refractivity contribution in [3.05, 3.63) is 42.5 Å². The van der Waals surface area contributed by atoms with Gasteiger partial charge in [0.15, 0.2) is 17.2 Å². The number of nitrogens with two attached hydrogens (primary N) is 1. The van der Waals surface area contributed by atoms with Gasteiger partial charge in [0.2, 0.25) is 0 Å². The van der Waals surface area contributed by atoms with Gasteiger partial charge in [-0.25, -0.2) is 19.7 Å². The second kappa shape index (κ2) is 7.65. The van der Waals surface area contributed by atoms with Crippen molar-refractivity contribution in [2.45, 2.75) is 55.1 Å². The second-order valence-corrected chi connectivity index (χ2v) is 10.4. The van der Waals surface area contributed by atoms with Gasteiger partial charge in [0.25, 0.3) is 0 Å². The maximum Gasteiger partial charge on any atom is 0.338 e. The number of rotatable bonds is 5. The van der Waals surface area contributed by atoms with Gasteiger partial charge in [-0.15, -0.1) is 3.89 Å². The summed E-state index contributed by atoms with van der Waals surface area (Å²) in [5.41, 5.74) is -0.902. The molecule has 0 saturated carbocycles. The van der Waals surface area contributed by atoms with E-state index in [0.29, 0.717) is 0 Å². The van der Waals surface area contributed by atoms with Crippen molar-refractivity contribution in [1.29, 1.82) is 0 Å². The minimum atomic E-state index is -4.92. The SMILES string of the molecule is CC1(COC(=O)c2ccc(S(=O)(=O)F)cc2)OC(C)(n2cnc3c(N)ncnc32)C(C)(O)C1(C)O. The molecule has 2 aromatic heterocycles. The lowest BCUT2D eigenvalue weighted by atomic mass is 9.73. The smallest absolute Gasteiger partial charge is 0.338 e. The van der Waals surface area contributed by atoms with E-state index in [0.717, 1.165) is 24.3 Å². The van der Waals surface area contributed by atoms with Crippen LogP contribution in [0.3, 0.4) is 0 Å². The predicted octanol–water partition coefficient (Wildman–Crippen LogP) is 0.887. The van der Waals surface area contributed by atoms with E-state index in [2.05, 4.69) is 15.0 Å². The quantitative estimate of drug-likeness (QED) is 0.328. The number of halogens is 1. The molecule has 1 aliphatic heterocycles. The van der Waals surface area contributed by atoms with E-state index >= 15 is 0 Å². The number of nitrogens with zero attached hydrogens (tertiary/aromatic N) is 4. The first-order valence-electron chi connectivity index (χ1n) is 10.4. The molecule has 4 unspecified atom stereocenters. The second-order valence-electron chi connectivity index (χ2n) is 9.04. The van der Waals surface area contributed by atoms with Crippen LogP contribution >= 0.6 is 0 Å². The fraction of sp³-hybridized carbons (Fsp3) is 0.429. The highest BCUT2D eigenvalue weighted by atomic mass is 32.3. The third-order valence-electron chi connectivity index (χ3n) is 6.98. The molecule has 0 aliphatic carbocycles. The largest absolute Gasteiger partial charge is 0.459 e. The zero-order chi connectivity index (χ0) is 26.0. The summed E-state index contributed by atoms with van der Waals surface area (Å²) in [6.07, 6.45) is 2.57. The third-order valence-corrected chi connectivity index (χ3v) is 7.81. The Hall–Kier alpha value is -3.20. The lowest BCUT2D eigenvalue weighted by molar-refractivity contribution is -0.192. The van der Waals surface area contributed by atoms with Crippen LogP contribution in [0.2, 0.25) is 0 Å². The lowest BCUT2D eigenvalue weighted by Gasteiger charge is -2.42. The Morgan fingerprint density at radius 3 is 2.34 bits per heavy atom. The summed E-state index contributed by atoms with van der Waals surface area (Å²) in [5, 5.41) is 23.0. The molecule has 1 saturated heterocycles. The molecule has 4 N–H and O–H groups in total. The van der Waals surface area contributed by atoms with Gasteiger partial charge >= 0.3 is 16.2 Å². The minimum Gasteiger partial charge on any atom is -0.459 e. The van der Waals surface area contributed by atoms with Crippen LogP contribution in [0.25, 0.3) is 11.2 Å². The van der Waals surface area contributed by atoms with Crippen molar-refractivity contribution in [2.75, 3.05) is 12.3 Å². The Bertz CT molecular complexity index is 1420. The highest BCUT2D eigenvalue weighted by Gasteiger charge is 2.73. The summed E-state index contributed by atoms with van der Waals surface area (Å²) >= 11 is 0. The number of hydrogen-bond acceptors (Lipinski definition) is 11. The summed E-state index contributed by atoms with van der Waals surface area (Å²) in [7, 11) is -4.92. The Morgan fingerprint density at radius 1 is 1.11 bits per heavy atom. The van der Waals surface area contributed by atoms with E-state index in [-0.39, 0.29) is 22.5 Å². The van der Waals surface area contributed by atoms with Gasteiger partial charge in [0, 0.05) is 0 Å². The van der Waals surface area contributed by atoms with Crippen LogP contribution in [-0.4, -0.2) is 67.5 Å². The van der Waals surface area contributed by atoms with Crippen LogP contribution in [0.15, 0.2) is 41.8 Å². The van der Waals surface area contributed by atoms with Crippen molar-refractivity contribution in [2.24, 2.45) is 0 Å². The molecule has 3 heterocycles. The van der Waals surface area contributed by atoms with Crippen LogP contribution in [0, 0.1) is 0 Å². The number of aliphatic hydroxyl groups is 2. The zero-order valence-electron chi connectivity index (χ0n) is 19.3. The fourth-order valence-electron chi connectivity index (χ4n) is 4.26. The summed E-state index contributed by atoms with van der Waals surface area (Å²) in [6, 6.07) is 4.03. The van der Waals surface area contributed by atoms with Crippen LogP contribution < -0.4 is 5.73 Å². The van der Waals surface area contributed by atoms with Gasteiger partial charge < -0.3 is 25.4 Å². The van der Waals surface area contributed by atoms with Gasteiger partial charge in [0.05, 0.1) is 16.8 Å². The van der Waals surface area contributed by atoms with Crippen molar-refractivity contribution in [3.8, 4) is 0 Å². The van der Waals surface area contributed by atoms with E-state index < -0.39 is 50.2 Å². The number of fused-ring (bicyclic) bond motifs is 1. The number of ether oxygens (including phenoxy) is 2. The summed E-state index contributed by atoms with van der Waals surface area (Å²) in [4.78, 5) is 24.2. The fourth-order valence-corrected chi connectivity index (χ4v) is 4.72. The Balaban J connectivity index is 1.64. The van der Waals surface area contributed by atoms with Gasteiger partial charge in [-0.05, 0) is 52.0 Å². The molecule has 0 spiro atoms. The molecule has 4 atom stereocenters. The van der Waals surface area contributed by atoms with Gasteiger partial charge in [-0.3, -0.25) is 4.57 Å². The average molecular weight is 510 g/mol. The van der Waals surface area contributed by atoms with Gasteiger partial charge in [-0.1, -0.05) is 0 Å². The number of esters is 1. The molecular weight excluding hydrogens is 485 g/mol. The number of nitrogen functional groups attached to an aromatic ring is 1. The molecule has 0 bridgehead atoms. The molecule has 14 heteroatoms. The number of carbonyl (C=O) groups excluding carboxylic acids is 1. The molecule has 4 rings (SSSR count). The Kier molecular flexibility index (Phi) is 5.44. The van der Waals surface area contributed by atoms with Crippen LogP contribution in [0.5, 0.6) is 0 Å². The average Bonchev–Trinajstić information content (AvgIpc) is 3.26. The number of hydrogen-bond donors (Lipinski definition) is 3. The molecule has 0 radical (unpaired) electrons. The highest BCUT2D eigenvalue weighted by molar-refractivity contribution is 7.86. The number of benzene rings is 1. The van der Waals surface area contributed by atoms with Crippen LogP contribution in [-0.2, 0) is 25.4 Å². The molecule has 188 valence electrons. The topological polar surface area (TPSA) is 180 Å². The van der Waals surface area contributed by atoms with Gasteiger partial charge in [0.1, 0.15) is 35.3 Å². The van der Waals surface area contributed by atoms with Crippen molar-refractivity contribution in [3.63, 3.8) is 0 Å². The Morgan fingerprint density at radius 2 is 1.74 bits per heavy atom. The van der Waals surface area contributed by atoms with Crippen LogP contribution in [0.1, 0.15) is 38.1 Å². The molecule has 35 heavy (non-hydrogen) atoms. The zero-order valence-corrected chi connectivity index (χ0v) is 20.1. The van der Waals surface area contributed by atoms with Crippen molar-refractivity contribution in [1.82, 2.24) is 19.5 Å².